The fraction of sp³-hybridized carbons (Fsp3) is 0.417. The molecule has 96 valence electrons. The maximum absolute atomic E-state index is 11.2. The van der Waals surface area contributed by atoms with Gasteiger partial charge in [-0.1, -0.05) is 12.2 Å². The average Bonchev–Trinajstić information content (AvgIpc) is 2.55. The summed E-state index contributed by atoms with van der Waals surface area (Å²) < 4.78 is 0. The predicted octanol–water partition coefficient (Wildman–Crippen LogP) is 0.0377. The summed E-state index contributed by atoms with van der Waals surface area (Å²) in [5.74, 6) is 0.121. The Morgan fingerprint density at radius 3 is 3.17 bits per heavy atom. The summed E-state index contributed by atoms with van der Waals surface area (Å²) in [4.78, 5) is 17.9. The van der Waals surface area contributed by atoms with Crippen LogP contribution in [0, 0.1) is 0 Å². The zero-order valence-corrected chi connectivity index (χ0v) is 10.9. The number of nitrogens with two attached hydrogens (primary N) is 1. The molecule has 0 spiro atoms. The second-order valence-corrected chi connectivity index (χ2v) is 4.73. The number of amides is 1. The molecule has 0 aromatic carbocycles. The van der Waals surface area contributed by atoms with E-state index in [-0.39, 0.29) is 5.91 Å². The third kappa shape index (κ3) is 3.48. The van der Waals surface area contributed by atoms with Crippen LogP contribution in [0.4, 0.5) is 0 Å². The molecule has 0 unspecified atom stereocenters. The van der Waals surface area contributed by atoms with Crippen molar-refractivity contribution >= 4 is 23.1 Å². The molecule has 1 saturated heterocycles. The molecule has 1 amide bonds. The number of hydrogen-bond donors (Lipinski definition) is 2. The number of pyridine rings is 1. The Morgan fingerprint density at radius 2 is 2.39 bits per heavy atom. The molecule has 0 radical (unpaired) electrons. The van der Waals surface area contributed by atoms with E-state index in [1.165, 1.54) is 0 Å². The van der Waals surface area contributed by atoms with E-state index in [1.807, 2.05) is 12.1 Å². The van der Waals surface area contributed by atoms with Gasteiger partial charge in [0, 0.05) is 38.8 Å². The van der Waals surface area contributed by atoms with E-state index in [1.54, 1.807) is 6.20 Å². The molecule has 18 heavy (non-hydrogen) atoms. The molecule has 0 aliphatic carbocycles. The van der Waals surface area contributed by atoms with Gasteiger partial charge in [-0.25, -0.2) is 0 Å². The van der Waals surface area contributed by atoms with E-state index in [0.29, 0.717) is 23.6 Å². The lowest BCUT2D eigenvalue weighted by Gasteiger charge is -2.19. The summed E-state index contributed by atoms with van der Waals surface area (Å²) >= 11 is 4.91. The fourth-order valence-electron chi connectivity index (χ4n) is 1.94. The summed E-state index contributed by atoms with van der Waals surface area (Å²) in [7, 11) is 0. The first kappa shape index (κ1) is 12.9. The van der Waals surface area contributed by atoms with Gasteiger partial charge in [-0.3, -0.25) is 14.7 Å². The van der Waals surface area contributed by atoms with E-state index in [9.17, 15) is 4.79 Å². The highest BCUT2D eigenvalue weighted by atomic mass is 32.1. The molecule has 0 atom stereocenters. The SMILES string of the molecule is NC(=S)c1cc(CN2CCNC(=O)CC2)ccn1. The molecular weight excluding hydrogens is 248 g/mol. The molecule has 2 rings (SSSR count). The Kier molecular flexibility index (Phi) is 4.22. The average molecular weight is 264 g/mol. The lowest BCUT2D eigenvalue weighted by molar-refractivity contribution is -0.120. The summed E-state index contributed by atoms with van der Waals surface area (Å²) in [6.07, 6.45) is 2.26. The molecule has 6 heteroatoms. The van der Waals surface area contributed by atoms with Gasteiger partial charge in [-0.2, -0.15) is 0 Å². The minimum absolute atomic E-state index is 0.121. The lowest BCUT2D eigenvalue weighted by Crippen LogP contribution is -2.28. The van der Waals surface area contributed by atoms with Gasteiger partial charge in [0.2, 0.25) is 5.91 Å². The van der Waals surface area contributed by atoms with Crippen LogP contribution in [0.15, 0.2) is 18.3 Å². The van der Waals surface area contributed by atoms with Crippen molar-refractivity contribution in [2.75, 3.05) is 19.6 Å². The van der Waals surface area contributed by atoms with Crippen molar-refractivity contribution in [3.63, 3.8) is 0 Å². The molecule has 1 aliphatic heterocycles. The summed E-state index contributed by atoms with van der Waals surface area (Å²) in [6, 6.07) is 3.85. The third-order valence-electron chi connectivity index (χ3n) is 2.89. The van der Waals surface area contributed by atoms with Crippen molar-refractivity contribution in [3.05, 3.63) is 29.6 Å². The molecule has 1 aromatic rings. The first-order chi connectivity index (χ1) is 8.65. The Bertz CT molecular complexity index is 463. The molecule has 1 aromatic heterocycles. The predicted molar refractivity (Wildman–Crippen MR) is 73.0 cm³/mol. The molecule has 0 saturated carbocycles. The van der Waals surface area contributed by atoms with Crippen LogP contribution in [-0.4, -0.2) is 40.4 Å². The van der Waals surface area contributed by atoms with Crippen molar-refractivity contribution < 1.29 is 4.79 Å². The molecule has 1 fully saturated rings. The van der Waals surface area contributed by atoms with Gasteiger partial charge in [0.25, 0.3) is 0 Å². The lowest BCUT2D eigenvalue weighted by atomic mass is 10.2. The summed E-state index contributed by atoms with van der Waals surface area (Å²) in [5, 5.41) is 2.86. The van der Waals surface area contributed by atoms with Gasteiger partial charge in [0.15, 0.2) is 0 Å². The standard InChI is InChI=1S/C12H16N4OS/c13-12(18)10-7-9(1-3-14-10)8-16-5-2-11(17)15-4-6-16/h1,3,7H,2,4-6,8H2,(H2,13,18)(H,15,17). The second-order valence-electron chi connectivity index (χ2n) is 4.29. The van der Waals surface area contributed by atoms with E-state index in [4.69, 9.17) is 18.0 Å². The number of thiocarbonyl (C=S) groups is 1. The zero-order valence-electron chi connectivity index (χ0n) is 10.1. The first-order valence-electron chi connectivity index (χ1n) is 5.89. The number of nitrogens with one attached hydrogen (secondary N) is 1. The van der Waals surface area contributed by atoms with E-state index in [0.717, 1.165) is 25.2 Å². The van der Waals surface area contributed by atoms with Crippen molar-refractivity contribution in [1.82, 2.24) is 15.2 Å². The zero-order chi connectivity index (χ0) is 13.0. The Labute approximate surface area is 111 Å². The van der Waals surface area contributed by atoms with Crippen LogP contribution in [0.25, 0.3) is 0 Å². The second kappa shape index (κ2) is 5.88. The minimum Gasteiger partial charge on any atom is -0.388 e. The quantitative estimate of drug-likeness (QED) is 0.754. The maximum Gasteiger partial charge on any atom is 0.221 e. The fourth-order valence-corrected chi connectivity index (χ4v) is 2.05. The molecule has 2 heterocycles. The molecular formula is C12H16N4OS. The van der Waals surface area contributed by atoms with Crippen LogP contribution in [0.1, 0.15) is 17.7 Å². The van der Waals surface area contributed by atoms with Crippen molar-refractivity contribution in [3.8, 4) is 0 Å². The molecule has 0 bridgehead atoms. The number of rotatable bonds is 3. The number of carbonyl (C=O) groups excluding carboxylic acids is 1. The van der Waals surface area contributed by atoms with Crippen LogP contribution in [0.2, 0.25) is 0 Å². The van der Waals surface area contributed by atoms with E-state index >= 15 is 0 Å². The van der Waals surface area contributed by atoms with Crippen LogP contribution in [-0.2, 0) is 11.3 Å². The highest BCUT2D eigenvalue weighted by Crippen LogP contribution is 2.07. The third-order valence-corrected chi connectivity index (χ3v) is 3.10. The van der Waals surface area contributed by atoms with Gasteiger partial charge in [0.05, 0.1) is 5.69 Å². The topological polar surface area (TPSA) is 71.2 Å². The Hall–Kier alpha value is -1.53. The van der Waals surface area contributed by atoms with Crippen LogP contribution in [0.5, 0.6) is 0 Å². The minimum atomic E-state index is 0.121. The Balaban J connectivity index is 2.02. The Morgan fingerprint density at radius 1 is 1.56 bits per heavy atom. The highest BCUT2D eigenvalue weighted by Gasteiger charge is 2.13. The smallest absolute Gasteiger partial charge is 0.221 e. The molecule has 3 N–H and O–H groups in total. The number of carbonyl (C=O) groups is 1. The van der Waals surface area contributed by atoms with E-state index < -0.39 is 0 Å². The van der Waals surface area contributed by atoms with Crippen LogP contribution in [0.3, 0.4) is 0 Å². The van der Waals surface area contributed by atoms with E-state index in [2.05, 4.69) is 15.2 Å². The number of aromatic nitrogens is 1. The summed E-state index contributed by atoms with van der Waals surface area (Å²) in [6.45, 7) is 3.12. The monoisotopic (exact) mass is 264 g/mol. The maximum atomic E-state index is 11.2. The largest absolute Gasteiger partial charge is 0.388 e. The molecule has 1 aliphatic rings. The normalized spacial score (nSPS) is 17.0. The van der Waals surface area contributed by atoms with Crippen molar-refractivity contribution in [1.29, 1.82) is 0 Å². The van der Waals surface area contributed by atoms with Crippen LogP contribution < -0.4 is 11.1 Å². The number of hydrogen-bond acceptors (Lipinski definition) is 4. The van der Waals surface area contributed by atoms with Gasteiger partial charge in [-0.05, 0) is 17.7 Å². The van der Waals surface area contributed by atoms with Crippen LogP contribution >= 0.6 is 12.2 Å². The van der Waals surface area contributed by atoms with Gasteiger partial charge >= 0.3 is 0 Å². The van der Waals surface area contributed by atoms with Gasteiger partial charge in [-0.15, -0.1) is 0 Å². The van der Waals surface area contributed by atoms with Gasteiger partial charge < -0.3 is 11.1 Å². The summed E-state index contributed by atoms with van der Waals surface area (Å²) in [5.41, 5.74) is 7.32. The van der Waals surface area contributed by atoms with Gasteiger partial charge in [0.1, 0.15) is 4.99 Å². The van der Waals surface area contributed by atoms with Crippen molar-refractivity contribution in [2.24, 2.45) is 5.73 Å². The number of nitrogens with zero attached hydrogens (tertiary/aromatic N) is 2. The first-order valence-corrected chi connectivity index (χ1v) is 6.30. The van der Waals surface area contributed by atoms with Crippen molar-refractivity contribution in [2.45, 2.75) is 13.0 Å². The molecule has 5 nitrogen and oxygen atoms in total. The highest BCUT2D eigenvalue weighted by molar-refractivity contribution is 7.80.